The number of halogens is 2. The third-order valence-corrected chi connectivity index (χ3v) is 12.8. The number of anilines is 2. The number of hydrogen-bond acceptors (Lipinski definition) is 7. The second-order valence-corrected chi connectivity index (χ2v) is 14.6. The predicted octanol–water partition coefficient (Wildman–Crippen LogP) is 5.72. The average molecular weight is 662 g/mol. The molecule has 2 aliphatic carbocycles. The second-order valence-electron chi connectivity index (χ2n) is 12.0. The molecular formula is C33H25ClFN3O5S2. The molecule has 3 amide bonds. The fourth-order valence-electron chi connectivity index (χ4n) is 8.03. The number of phenols is 1. The van der Waals surface area contributed by atoms with Crippen LogP contribution in [0.15, 0.2) is 82.6 Å². The van der Waals surface area contributed by atoms with E-state index < -0.39 is 17.7 Å². The molecule has 1 saturated heterocycles. The maximum atomic E-state index is 14.1. The van der Waals surface area contributed by atoms with Gasteiger partial charge < -0.3 is 10.4 Å². The molecule has 7 unspecified atom stereocenters. The first kappa shape index (κ1) is 28.5. The Labute approximate surface area is 269 Å². The van der Waals surface area contributed by atoms with Gasteiger partial charge in [-0.25, -0.2) is 4.39 Å². The van der Waals surface area contributed by atoms with E-state index in [2.05, 4.69) is 5.32 Å². The summed E-state index contributed by atoms with van der Waals surface area (Å²) in [6.45, 7) is -0.214. The Morgan fingerprint density at radius 1 is 0.933 bits per heavy atom. The summed E-state index contributed by atoms with van der Waals surface area (Å²) in [6.07, 6.45) is 0.710. The standard InChI is InChI=1S/C33H25ClFN3O5S2/c34-16-3-9-19(10-4-16)38-30(41)26-21-13-22(27(26)31(38)42)28-25(21)24(15-1-5-17(35)6-2-15)29-32(44-28)37(33(43)45-29)14-23(40)36-18-7-11-20(39)12-8-18/h1-12,21-22,24-28,39H,13-14H2,(H,36,40). The maximum Gasteiger partial charge on any atom is 0.308 e. The summed E-state index contributed by atoms with van der Waals surface area (Å²) in [4.78, 5) is 56.2. The van der Waals surface area contributed by atoms with E-state index in [1.807, 2.05) is 0 Å². The molecule has 0 radical (unpaired) electrons. The number of imide groups is 1. The van der Waals surface area contributed by atoms with Crippen molar-refractivity contribution in [2.24, 2.45) is 29.6 Å². The van der Waals surface area contributed by atoms with Crippen molar-refractivity contribution >= 4 is 63.8 Å². The largest absolute Gasteiger partial charge is 0.508 e. The van der Waals surface area contributed by atoms with Crippen LogP contribution in [0.5, 0.6) is 5.75 Å². The molecule has 2 aliphatic heterocycles. The van der Waals surface area contributed by atoms with Gasteiger partial charge in [0.05, 0.1) is 22.5 Å². The first-order valence-electron chi connectivity index (χ1n) is 14.6. The van der Waals surface area contributed by atoms with Gasteiger partial charge in [-0.15, -0.1) is 11.8 Å². The Hall–Kier alpha value is -3.93. The second kappa shape index (κ2) is 10.6. The molecule has 4 aliphatic rings. The molecule has 0 spiro atoms. The first-order chi connectivity index (χ1) is 21.7. The zero-order chi connectivity index (χ0) is 31.1. The van der Waals surface area contributed by atoms with Gasteiger partial charge in [0.1, 0.15) is 18.1 Å². The Kier molecular flexibility index (Phi) is 6.70. The molecule has 2 N–H and O–H groups in total. The smallest absolute Gasteiger partial charge is 0.308 e. The molecule has 1 aromatic heterocycles. The number of amides is 3. The van der Waals surface area contributed by atoms with Crippen LogP contribution in [-0.2, 0) is 20.9 Å². The Morgan fingerprint density at radius 2 is 1.60 bits per heavy atom. The highest BCUT2D eigenvalue weighted by atomic mass is 35.5. The molecule has 12 heteroatoms. The highest BCUT2D eigenvalue weighted by molar-refractivity contribution is 8.00. The lowest BCUT2D eigenvalue weighted by molar-refractivity contribution is -0.123. The number of hydrogen-bond donors (Lipinski definition) is 2. The molecule has 8 nitrogen and oxygen atoms in total. The lowest BCUT2D eigenvalue weighted by Crippen LogP contribution is -2.43. The minimum atomic E-state index is -0.473. The van der Waals surface area contributed by atoms with Crippen molar-refractivity contribution in [1.29, 1.82) is 0 Å². The van der Waals surface area contributed by atoms with Gasteiger partial charge in [0.2, 0.25) is 17.7 Å². The summed E-state index contributed by atoms with van der Waals surface area (Å²) in [7, 11) is 0. The van der Waals surface area contributed by atoms with E-state index >= 15 is 0 Å². The van der Waals surface area contributed by atoms with E-state index in [-0.39, 0.29) is 63.7 Å². The molecular weight excluding hydrogens is 637 g/mol. The van der Waals surface area contributed by atoms with Crippen molar-refractivity contribution in [2.45, 2.75) is 29.2 Å². The molecule has 8 rings (SSSR count). The maximum absolute atomic E-state index is 14.1. The van der Waals surface area contributed by atoms with E-state index in [4.69, 9.17) is 11.6 Å². The number of phenolic OH excluding ortho intramolecular Hbond substituents is 1. The van der Waals surface area contributed by atoms with Crippen LogP contribution in [0.25, 0.3) is 0 Å². The van der Waals surface area contributed by atoms with Crippen LogP contribution < -0.4 is 15.1 Å². The summed E-state index contributed by atoms with van der Waals surface area (Å²) in [5.74, 6) is -2.62. The van der Waals surface area contributed by atoms with Crippen LogP contribution in [0.2, 0.25) is 5.02 Å². The van der Waals surface area contributed by atoms with E-state index in [1.54, 1.807) is 48.5 Å². The molecule has 3 fully saturated rings. The summed E-state index contributed by atoms with van der Waals surface area (Å²) in [5.41, 5.74) is 1.83. The Bertz CT molecular complexity index is 1930. The quantitative estimate of drug-likeness (QED) is 0.209. The van der Waals surface area contributed by atoms with E-state index in [1.165, 1.54) is 45.5 Å². The van der Waals surface area contributed by atoms with Crippen molar-refractivity contribution in [3.8, 4) is 5.75 Å². The molecule has 45 heavy (non-hydrogen) atoms. The van der Waals surface area contributed by atoms with E-state index in [0.717, 1.165) is 21.8 Å². The number of carbonyl (C=O) groups excluding carboxylic acids is 3. The summed E-state index contributed by atoms with van der Waals surface area (Å²) < 4.78 is 15.6. The zero-order valence-corrected chi connectivity index (χ0v) is 25.8. The topological polar surface area (TPSA) is 109 Å². The van der Waals surface area contributed by atoms with Crippen LogP contribution in [0, 0.1) is 35.4 Å². The predicted molar refractivity (Wildman–Crippen MR) is 169 cm³/mol. The van der Waals surface area contributed by atoms with E-state index in [0.29, 0.717) is 27.8 Å². The minimum Gasteiger partial charge on any atom is -0.508 e. The summed E-state index contributed by atoms with van der Waals surface area (Å²) >= 11 is 8.68. The number of fused-ring (bicyclic) bond motifs is 9. The third kappa shape index (κ3) is 4.46. The van der Waals surface area contributed by atoms with Crippen molar-refractivity contribution in [3.63, 3.8) is 0 Å². The number of thioether (sulfide) groups is 1. The van der Waals surface area contributed by atoms with Gasteiger partial charge in [0, 0.05) is 26.8 Å². The molecule has 3 heterocycles. The summed E-state index contributed by atoms with van der Waals surface area (Å²) in [5, 5.41) is 13.4. The lowest BCUT2D eigenvalue weighted by atomic mass is 9.68. The van der Waals surface area contributed by atoms with Gasteiger partial charge in [-0.3, -0.25) is 28.6 Å². The molecule has 2 saturated carbocycles. The van der Waals surface area contributed by atoms with Crippen LogP contribution >= 0.6 is 34.7 Å². The highest BCUT2D eigenvalue weighted by Crippen LogP contribution is 2.69. The van der Waals surface area contributed by atoms with Gasteiger partial charge in [0.25, 0.3) is 0 Å². The van der Waals surface area contributed by atoms with Crippen LogP contribution in [0.1, 0.15) is 22.8 Å². The van der Waals surface area contributed by atoms with Crippen LogP contribution in [0.4, 0.5) is 15.8 Å². The number of carbonyl (C=O) groups is 3. The molecule has 4 aromatic rings. The lowest BCUT2D eigenvalue weighted by Gasteiger charge is -2.43. The number of aromatic hydroxyl groups is 1. The monoisotopic (exact) mass is 661 g/mol. The van der Waals surface area contributed by atoms with Gasteiger partial charge in [0.15, 0.2) is 0 Å². The molecule has 2 bridgehead atoms. The van der Waals surface area contributed by atoms with E-state index in [9.17, 15) is 28.7 Å². The number of nitrogens with zero attached hydrogens (tertiary/aromatic N) is 2. The minimum absolute atomic E-state index is 0.0570. The molecule has 7 atom stereocenters. The number of benzene rings is 3. The Balaban J connectivity index is 1.17. The normalized spacial score (nSPS) is 27.8. The van der Waals surface area contributed by atoms with Crippen molar-refractivity contribution < 1.29 is 23.9 Å². The van der Waals surface area contributed by atoms with Gasteiger partial charge >= 0.3 is 4.87 Å². The van der Waals surface area contributed by atoms with Gasteiger partial charge in [-0.1, -0.05) is 35.1 Å². The SMILES string of the molecule is O=C(Cn1c2c(sc1=O)C(c1ccc(F)cc1)C1C3CC(C1S2)C1C(=O)N(c2ccc(Cl)cc2)C(=O)C31)Nc1ccc(O)cc1. The van der Waals surface area contributed by atoms with Crippen LogP contribution in [0.3, 0.4) is 0 Å². The number of rotatable bonds is 5. The Morgan fingerprint density at radius 3 is 2.29 bits per heavy atom. The zero-order valence-electron chi connectivity index (χ0n) is 23.4. The highest BCUT2D eigenvalue weighted by Gasteiger charge is 2.69. The number of thiazole rings is 1. The molecule has 228 valence electrons. The fraction of sp³-hybridized carbons (Fsp3) is 0.273. The number of aromatic nitrogens is 1. The number of nitrogens with one attached hydrogen (secondary N) is 1. The third-order valence-electron chi connectivity index (χ3n) is 9.72. The van der Waals surface area contributed by atoms with Crippen LogP contribution in [-0.4, -0.2) is 32.6 Å². The first-order valence-corrected chi connectivity index (χ1v) is 16.6. The van der Waals surface area contributed by atoms with Gasteiger partial charge in [-0.05, 0) is 90.4 Å². The summed E-state index contributed by atoms with van der Waals surface area (Å²) in [6, 6.07) is 19.0. The average Bonchev–Trinajstić information content (AvgIpc) is 3.74. The van der Waals surface area contributed by atoms with Crippen molar-refractivity contribution in [3.05, 3.63) is 104 Å². The van der Waals surface area contributed by atoms with Crippen molar-refractivity contribution in [2.75, 3.05) is 10.2 Å². The van der Waals surface area contributed by atoms with Gasteiger partial charge in [-0.2, -0.15) is 0 Å². The molecule has 3 aromatic carbocycles. The fourth-order valence-corrected chi connectivity index (χ4v) is 11.3. The van der Waals surface area contributed by atoms with Crippen molar-refractivity contribution in [1.82, 2.24) is 4.57 Å².